The number of aromatic amines is 1. The van der Waals surface area contributed by atoms with Gasteiger partial charge in [0.15, 0.2) is 5.78 Å². The highest BCUT2D eigenvalue weighted by atomic mass is 19.1. The normalized spacial score (nSPS) is 18.0. The molecule has 6 nitrogen and oxygen atoms in total. The third-order valence-electron chi connectivity index (χ3n) is 7.91. The van der Waals surface area contributed by atoms with Gasteiger partial charge < -0.3 is 20.5 Å². The first-order valence-electron chi connectivity index (χ1n) is 13.9. The molecule has 210 valence electrons. The number of rotatable bonds is 6. The highest BCUT2D eigenvalue weighted by Gasteiger charge is 2.42. The molecule has 2 aliphatic rings. The zero-order chi connectivity index (χ0) is 28.7. The van der Waals surface area contributed by atoms with E-state index in [2.05, 4.69) is 15.6 Å². The number of carbonyl (C=O) groups is 2. The molecular formula is C33H32F2N4O2. The van der Waals surface area contributed by atoms with Crippen molar-refractivity contribution in [1.82, 2.24) is 10.3 Å². The zero-order valence-corrected chi connectivity index (χ0v) is 23.1. The monoisotopic (exact) mass is 554 g/mol. The number of nitrogens with one attached hydrogen (secondary N) is 3. The number of H-pyrrole nitrogens is 1. The second-order valence-corrected chi connectivity index (χ2v) is 11.7. The Hall–Kier alpha value is -4.46. The number of para-hydroxylation sites is 3. The number of aromatic nitrogens is 1. The van der Waals surface area contributed by atoms with Crippen LogP contribution in [-0.2, 0) is 16.0 Å². The Morgan fingerprint density at radius 1 is 1.02 bits per heavy atom. The van der Waals surface area contributed by atoms with Crippen LogP contribution in [0.1, 0.15) is 43.9 Å². The lowest BCUT2D eigenvalue weighted by Crippen LogP contribution is -2.42. The lowest BCUT2D eigenvalue weighted by molar-refractivity contribution is -0.120. The fourth-order valence-electron chi connectivity index (χ4n) is 6.19. The van der Waals surface area contributed by atoms with Crippen LogP contribution in [0.5, 0.6) is 0 Å². The number of hydrogen-bond acceptors (Lipinski definition) is 4. The van der Waals surface area contributed by atoms with E-state index in [1.54, 1.807) is 4.90 Å². The van der Waals surface area contributed by atoms with Gasteiger partial charge in [0, 0.05) is 47.4 Å². The summed E-state index contributed by atoms with van der Waals surface area (Å²) < 4.78 is 29.1. The Morgan fingerprint density at radius 2 is 1.76 bits per heavy atom. The van der Waals surface area contributed by atoms with Crippen LogP contribution >= 0.6 is 0 Å². The quantitative estimate of drug-likeness (QED) is 0.257. The molecule has 0 saturated carbocycles. The lowest BCUT2D eigenvalue weighted by atomic mass is 9.73. The average molecular weight is 555 g/mol. The number of allylic oxidation sites excluding steroid dienone is 1. The Kier molecular flexibility index (Phi) is 6.85. The van der Waals surface area contributed by atoms with E-state index in [-0.39, 0.29) is 29.2 Å². The fourth-order valence-corrected chi connectivity index (χ4v) is 6.19. The predicted octanol–water partition coefficient (Wildman–Crippen LogP) is 6.42. The summed E-state index contributed by atoms with van der Waals surface area (Å²) in [6, 6.07) is 17.9. The van der Waals surface area contributed by atoms with Crippen molar-refractivity contribution in [1.29, 1.82) is 0 Å². The molecule has 8 heteroatoms. The summed E-state index contributed by atoms with van der Waals surface area (Å²) in [6.45, 7) is 4.36. The molecule has 2 heterocycles. The number of hydrogen-bond donors (Lipinski definition) is 3. The summed E-state index contributed by atoms with van der Waals surface area (Å²) in [7, 11) is 0. The first-order valence-corrected chi connectivity index (χ1v) is 13.9. The van der Waals surface area contributed by atoms with Crippen LogP contribution in [0.25, 0.3) is 10.9 Å². The van der Waals surface area contributed by atoms with Crippen molar-refractivity contribution in [2.45, 2.75) is 39.2 Å². The van der Waals surface area contributed by atoms with Crippen LogP contribution in [-0.4, -0.2) is 29.8 Å². The lowest BCUT2D eigenvalue weighted by Gasteiger charge is -2.37. The van der Waals surface area contributed by atoms with Crippen molar-refractivity contribution in [2.75, 3.05) is 23.3 Å². The van der Waals surface area contributed by atoms with Gasteiger partial charge in [-0.25, -0.2) is 8.78 Å². The summed E-state index contributed by atoms with van der Waals surface area (Å²) in [5.74, 6) is -1.83. The van der Waals surface area contributed by atoms with E-state index in [1.807, 2.05) is 68.6 Å². The number of anilines is 2. The van der Waals surface area contributed by atoms with Gasteiger partial charge in [0.25, 0.3) is 0 Å². The van der Waals surface area contributed by atoms with E-state index in [9.17, 15) is 18.4 Å². The molecule has 41 heavy (non-hydrogen) atoms. The molecule has 1 amide bonds. The largest absolute Gasteiger partial charge is 0.361 e. The van der Waals surface area contributed by atoms with Gasteiger partial charge in [0.2, 0.25) is 5.91 Å². The van der Waals surface area contributed by atoms with Crippen molar-refractivity contribution in [3.63, 3.8) is 0 Å². The van der Waals surface area contributed by atoms with Gasteiger partial charge in [-0.1, -0.05) is 44.2 Å². The number of carbonyl (C=O) groups excluding carboxylic acids is 2. The third kappa shape index (κ3) is 5.34. The second-order valence-electron chi connectivity index (χ2n) is 11.7. The van der Waals surface area contributed by atoms with E-state index in [1.165, 1.54) is 12.1 Å². The smallest absolute Gasteiger partial charge is 0.239 e. The molecule has 0 radical (unpaired) electrons. The number of benzene rings is 3. The minimum atomic E-state index is -0.852. The Morgan fingerprint density at radius 3 is 2.56 bits per heavy atom. The SMILES string of the molecule is CC1(C)CC(=O)C2=C(C1)Nc1ccccc1N(CC(=O)NCCc1c[nH]c3ccccc13)C2c1cc(F)cc(F)c1. The summed E-state index contributed by atoms with van der Waals surface area (Å²) in [4.78, 5) is 32.2. The molecule has 1 aromatic heterocycles. The topological polar surface area (TPSA) is 77.2 Å². The summed E-state index contributed by atoms with van der Waals surface area (Å²) in [5.41, 5.74) is 4.71. The standard InChI is InChI=1S/C33H32F2N4O2/c1-33(2)16-27-31(29(40)17-33)32(21-13-22(34)15-23(35)14-21)39(28-10-6-5-9-26(28)38-27)19-30(41)36-12-11-20-18-37-25-8-4-3-7-24(20)25/h3-10,13-15,18,32,37-38H,11-12,16-17,19H2,1-2H3,(H,36,41). The van der Waals surface area contributed by atoms with Crippen molar-refractivity contribution in [3.8, 4) is 0 Å². The van der Waals surface area contributed by atoms with Gasteiger partial charge in [-0.05, 0) is 59.7 Å². The maximum absolute atomic E-state index is 14.6. The fraction of sp³-hybridized carbons (Fsp3) is 0.273. The Labute approximate surface area is 237 Å². The molecule has 1 unspecified atom stereocenters. The van der Waals surface area contributed by atoms with Crippen molar-refractivity contribution in [2.24, 2.45) is 5.41 Å². The molecule has 1 aliphatic heterocycles. The van der Waals surface area contributed by atoms with Crippen molar-refractivity contribution in [3.05, 3.63) is 107 Å². The minimum absolute atomic E-state index is 0.101. The van der Waals surface area contributed by atoms with Gasteiger partial charge in [0.1, 0.15) is 11.6 Å². The molecule has 4 aromatic rings. The summed E-state index contributed by atoms with van der Waals surface area (Å²) in [5, 5.41) is 7.58. The van der Waals surface area contributed by atoms with Gasteiger partial charge in [-0.3, -0.25) is 9.59 Å². The van der Waals surface area contributed by atoms with Gasteiger partial charge >= 0.3 is 0 Å². The first kappa shape index (κ1) is 26.7. The van der Waals surface area contributed by atoms with E-state index in [4.69, 9.17) is 0 Å². The van der Waals surface area contributed by atoms with E-state index < -0.39 is 17.7 Å². The molecule has 1 atom stereocenters. The Balaban J connectivity index is 1.35. The summed E-state index contributed by atoms with van der Waals surface area (Å²) >= 11 is 0. The second kappa shape index (κ2) is 10.5. The molecular weight excluding hydrogens is 522 g/mol. The molecule has 3 N–H and O–H groups in total. The molecule has 0 bridgehead atoms. The van der Waals surface area contributed by atoms with Crippen LogP contribution in [0.2, 0.25) is 0 Å². The van der Waals surface area contributed by atoms with Gasteiger partial charge in [-0.15, -0.1) is 0 Å². The van der Waals surface area contributed by atoms with Crippen LogP contribution in [0.4, 0.5) is 20.2 Å². The molecule has 1 aliphatic carbocycles. The van der Waals surface area contributed by atoms with Gasteiger partial charge in [0.05, 0.1) is 24.0 Å². The van der Waals surface area contributed by atoms with Crippen LogP contribution in [0.3, 0.4) is 0 Å². The Bertz CT molecular complexity index is 1670. The number of halogens is 2. The summed E-state index contributed by atoms with van der Waals surface area (Å²) in [6.07, 6.45) is 3.46. The van der Waals surface area contributed by atoms with Gasteiger partial charge in [-0.2, -0.15) is 0 Å². The van der Waals surface area contributed by atoms with Crippen LogP contribution in [0.15, 0.2) is 84.2 Å². The number of fused-ring (bicyclic) bond motifs is 2. The number of amides is 1. The highest BCUT2D eigenvalue weighted by Crippen LogP contribution is 2.48. The molecule has 6 rings (SSSR count). The third-order valence-corrected chi connectivity index (χ3v) is 7.91. The van der Waals surface area contributed by atoms with Crippen LogP contribution < -0.4 is 15.5 Å². The van der Waals surface area contributed by atoms with E-state index in [0.29, 0.717) is 37.1 Å². The average Bonchev–Trinajstić information content (AvgIpc) is 3.26. The number of ketones is 1. The highest BCUT2D eigenvalue weighted by molar-refractivity contribution is 6.02. The number of Topliss-reactive ketones (excluding diaryl/α,β-unsaturated/α-hetero) is 1. The molecule has 0 fully saturated rings. The zero-order valence-electron chi connectivity index (χ0n) is 23.1. The van der Waals surface area contributed by atoms with Crippen molar-refractivity contribution >= 4 is 34.0 Å². The van der Waals surface area contributed by atoms with E-state index >= 15 is 0 Å². The maximum atomic E-state index is 14.6. The van der Waals surface area contributed by atoms with Crippen LogP contribution in [0, 0.1) is 17.0 Å². The van der Waals surface area contributed by atoms with E-state index in [0.717, 1.165) is 33.9 Å². The first-order chi connectivity index (χ1) is 19.7. The molecule has 0 spiro atoms. The van der Waals surface area contributed by atoms with Crippen molar-refractivity contribution < 1.29 is 18.4 Å². The number of nitrogens with zero attached hydrogens (tertiary/aromatic N) is 1. The molecule has 0 saturated heterocycles. The predicted molar refractivity (Wildman–Crippen MR) is 157 cm³/mol. The maximum Gasteiger partial charge on any atom is 0.239 e. The minimum Gasteiger partial charge on any atom is -0.361 e. The molecule has 3 aromatic carbocycles.